The molecule has 0 heterocycles. The van der Waals surface area contributed by atoms with Crippen molar-refractivity contribution in [2.24, 2.45) is 5.92 Å². The minimum absolute atomic E-state index is 0. The number of quaternary nitrogens is 1. The fourth-order valence-corrected chi connectivity index (χ4v) is 1.98. The second-order valence-electron chi connectivity index (χ2n) is 6.32. The van der Waals surface area contributed by atoms with Crippen LogP contribution in [0.4, 0.5) is 0 Å². The summed E-state index contributed by atoms with van der Waals surface area (Å²) in [6, 6.07) is 0. The Kier molecular flexibility index (Phi) is 17.6. The van der Waals surface area contributed by atoms with Crippen LogP contribution in [0, 0.1) is 5.92 Å². The van der Waals surface area contributed by atoms with E-state index in [9.17, 15) is 14.7 Å². The zero-order chi connectivity index (χ0) is 17.1. The van der Waals surface area contributed by atoms with Gasteiger partial charge in [0.15, 0.2) is 0 Å². The first kappa shape index (κ1) is 26.7. The van der Waals surface area contributed by atoms with Gasteiger partial charge in [0.1, 0.15) is 12.6 Å². The first-order chi connectivity index (χ1) is 9.53. The molecule has 1 atom stereocenters. The molecule has 0 aromatic rings. The average Bonchev–Trinajstić information content (AvgIpc) is 2.25. The van der Waals surface area contributed by atoms with Gasteiger partial charge in [-0.05, 0) is 12.8 Å². The molecule has 0 spiro atoms. The summed E-state index contributed by atoms with van der Waals surface area (Å²) < 4.78 is 0.550. The van der Waals surface area contributed by atoms with Crippen molar-refractivity contribution in [1.29, 1.82) is 0 Å². The van der Waals surface area contributed by atoms with Gasteiger partial charge in [-0.25, -0.2) is 0 Å². The molecule has 127 valence electrons. The van der Waals surface area contributed by atoms with Gasteiger partial charge in [-0.15, -0.1) is 0 Å². The molecule has 7 heteroatoms. The molecule has 0 amide bonds. The van der Waals surface area contributed by atoms with Crippen LogP contribution in [0.25, 0.3) is 0 Å². The van der Waals surface area contributed by atoms with Crippen molar-refractivity contribution in [3.05, 3.63) is 0 Å². The van der Waals surface area contributed by atoms with Crippen LogP contribution >= 0.6 is 0 Å². The van der Waals surface area contributed by atoms with Crippen molar-refractivity contribution in [3.8, 4) is 0 Å². The summed E-state index contributed by atoms with van der Waals surface area (Å²) in [4.78, 5) is 20.5. The molecule has 0 bridgehead atoms. The van der Waals surface area contributed by atoms with Gasteiger partial charge < -0.3 is 24.6 Å². The first-order valence-corrected chi connectivity index (χ1v) is 7.44. The van der Waals surface area contributed by atoms with Gasteiger partial charge in [0.05, 0.1) is 27.1 Å². The number of likely N-dealkylation sites (N-methyl/N-ethyl adjacent to an activating group) is 1. The summed E-state index contributed by atoms with van der Waals surface area (Å²) in [7, 11) is 5.66. The van der Waals surface area contributed by atoms with Crippen molar-refractivity contribution in [3.63, 3.8) is 0 Å². The maximum Gasteiger partial charge on any atom is 0.306 e. The van der Waals surface area contributed by atoms with E-state index in [1.807, 2.05) is 35.0 Å². The van der Waals surface area contributed by atoms with Gasteiger partial charge in [-0.1, -0.05) is 26.7 Å². The van der Waals surface area contributed by atoms with E-state index in [1.54, 1.807) is 0 Å². The number of hydrogen-bond donors (Lipinski definition) is 2. The van der Waals surface area contributed by atoms with Crippen molar-refractivity contribution < 1.29 is 29.4 Å². The van der Waals surface area contributed by atoms with E-state index >= 15 is 0 Å². The normalized spacial score (nSPS) is 12.0. The molecule has 0 saturated heterocycles. The van der Waals surface area contributed by atoms with Gasteiger partial charge in [-0.3, -0.25) is 4.79 Å². The molecule has 0 aliphatic carbocycles. The number of carbonyl (C=O) groups excluding carboxylic acids is 1. The van der Waals surface area contributed by atoms with Crippen LogP contribution in [-0.4, -0.2) is 90.0 Å². The predicted octanol–water partition coefficient (Wildman–Crippen LogP) is 0.100. The summed E-state index contributed by atoms with van der Waals surface area (Å²) in [5.41, 5.74) is 0. The third-order valence-corrected chi connectivity index (χ3v) is 2.78. The molecule has 0 aliphatic heterocycles. The number of hydrogen-bond acceptors (Lipinski definition) is 4. The fourth-order valence-electron chi connectivity index (χ4n) is 1.98. The van der Waals surface area contributed by atoms with Crippen LogP contribution in [0.3, 0.4) is 0 Å². The number of carbonyl (C=O) groups is 2. The van der Waals surface area contributed by atoms with Gasteiger partial charge >= 0.3 is 5.97 Å². The molecule has 2 N–H and O–H groups in total. The Labute approximate surface area is 156 Å². The van der Waals surface area contributed by atoms with Gasteiger partial charge in [0.25, 0.3) is 0 Å². The molecule has 6 nitrogen and oxygen atoms in total. The zero-order valence-corrected chi connectivity index (χ0v) is 17.0. The summed E-state index contributed by atoms with van der Waals surface area (Å²) in [6.07, 6.45) is 2.50. The minimum Gasteiger partial charge on any atom is -0.550 e. The van der Waals surface area contributed by atoms with E-state index in [4.69, 9.17) is 10.2 Å². The number of nitrogens with zero attached hydrogens (tertiary/aromatic N) is 1. The molecule has 1 radical (unpaired) electrons. The molecule has 22 heavy (non-hydrogen) atoms. The second-order valence-corrected chi connectivity index (χ2v) is 6.32. The van der Waals surface area contributed by atoms with Crippen molar-refractivity contribution in [2.45, 2.75) is 52.1 Å². The number of carboxylic acid groups (broad SMARTS) is 2. The quantitative estimate of drug-likeness (QED) is 0.462. The Balaban J connectivity index is -0.000000315. The maximum atomic E-state index is 10.5. The Morgan fingerprint density at radius 2 is 1.50 bits per heavy atom. The van der Waals surface area contributed by atoms with Crippen LogP contribution in [0.2, 0.25) is 0 Å². The first-order valence-electron chi connectivity index (χ1n) is 7.44. The third kappa shape index (κ3) is 19.9. The van der Waals surface area contributed by atoms with Crippen molar-refractivity contribution in [1.82, 2.24) is 0 Å². The topological polar surface area (TPSA) is 97.7 Å². The maximum absolute atomic E-state index is 10.5. The number of aliphatic hydroxyl groups excluding tert-OH is 1. The molecule has 0 fully saturated rings. The summed E-state index contributed by atoms with van der Waals surface area (Å²) in [6.45, 7) is 4.46. The summed E-state index contributed by atoms with van der Waals surface area (Å²) in [5, 5.41) is 27.8. The number of carboxylic acids is 2. The van der Waals surface area contributed by atoms with E-state index in [0.29, 0.717) is 11.0 Å². The van der Waals surface area contributed by atoms with Crippen molar-refractivity contribution >= 4 is 41.5 Å². The Bertz CT molecular complexity index is 299. The monoisotopic (exact) mass is 328 g/mol. The smallest absolute Gasteiger partial charge is 0.306 e. The number of aliphatic hydroxyl groups is 1. The second kappa shape index (κ2) is 14.5. The number of aliphatic carboxylic acids is 2. The van der Waals surface area contributed by atoms with Crippen LogP contribution in [0.15, 0.2) is 0 Å². The Morgan fingerprint density at radius 3 is 1.73 bits per heavy atom. The molecule has 0 aromatic heterocycles. The Morgan fingerprint density at radius 1 is 1.09 bits per heavy atom. The standard InChI is InChI=1S/C8H16O2.C7H15NO3.Na/c1-3-5-7(6-4-2)8(9)10;1-8(2,3)5-6(9)4-7(10)11;/h7H,3-6H2,1-2H3,(H,9,10);6,9H,4-5H2,1-3H3;/t;6-;/m.0./s1. The van der Waals surface area contributed by atoms with E-state index in [-0.39, 0.29) is 41.9 Å². The van der Waals surface area contributed by atoms with Gasteiger partial charge in [0.2, 0.25) is 0 Å². The summed E-state index contributed by atoms with van der Waals surface area (Å²) in [5.74, 6) is -1.94. The molecule has 0 aliphatic rings. The zero-order valence-electron chi connectivity index (χ0n) is 15.0. The average molecular weight is 328 g/mol. The molecule has 0 aromatic carbocycles. The third-order valence-electron chi connectivity index (χ3n) is 2.78. The van der Waals surface area contributed by atoms with Crippen molar-refractivity contribution in [2.75, 3.05) is 27.7 Å². The van der Waals surface area contributed by atoms with Gasteiger partial charge in [0, 0.05) is 41.9 Å². The molecule has 0 saturated carbocycles. The molecular formula is C15H31NNaO5. The van der Waals surface area contributed by atoms with Crippen LogP contribution < -0.4 is 5.11 Å². The van der Waals surface area contributed by atoms with Crippen LogP contribution in [0.1, 0.15) is 46.0 Å². The molecule has 0 unspecified atom stereocenters. The SMILES string of the molecule is CCCC(CCC)C(=O)O.C[N+](C)(C)C[C@@H](O)CC(=O)[O-].[Na]. The van der Waals surface area contributed by atoms with Crippen LogP contribution in [-0.2, 0) is 9.59 Å². The van der Waals surface area contributed by atoms with E-state index in [2.05, 4.69) is 0 Å². The summed E-state index contributed by atoms with van der Waals surface area (Å²) >= 11 is 0. The molecule has 0 rings (SSSR count). The molecular weight excluding hydrogens is 297 g/mol. The van der Waals surface area contributed by atoms with E-state index in [0.717, 1.165) is 25.7 Å². The largest absolute Gasteiger partial charge is 0.550 e. The fraction of sp³-hybridized carbons (Fsp3) is 0.867. The Hall–Kier alpha value is -0.140. The van der Waals surface area contributed by atoms with E-state index < -0.39 is 18.0 Å². The predicted molar refractivity (Wildman–Crippen MR) is 85.2 cm³/mol. The minimum atomic E-state index is -1.20. The van der Waals surface area contributed by atoms with Gasteiger partial charge in [-0.2, -0.15) is 0 Å². The van der Waals surface area contributed by atoms with Crippen LogP contribution in [0.5, 0.6) is 0 Å². The number of rotatable bonds is 9. The van der Waals surface area contributed by atoms with E-state index in [1.165, 1.54) is 0 Å².